The van der Waals surface area contributed by atoms with Crippen molar-refractivity contribution >= 4 is 29.0 Å². The van der Waals surface area contributed by atoms with Crippen molar-refractivity contribution in [3.63, 3.8) is 0 Å². The number of carbonyl (C=O) groups is 1. The lowest BCUT2D eigenvalue weighted by atomic mass is 10.1. The summed E-state index contributed by atoms with van der Waals surface area (Å²) in [5, 5.41) is 10.6. The van der Waals surface area contributed by atoms with Crippen LogP contribution in [0.5, 0.6) is 0 Å². The fourth-order valence-corrected chi connectivity index (χ4v) is 1.97. The average molecular weight is 304 g/mol. The van der Waals surface area contributed by atoms with Gasteiger partial charge in [-0.1, -0.05) is 18.2 Å². The van der Waals surface area contributed by atoms with E-state index in [1.807, 2.05) is 18.3 Å². The van der Waals surface area contributed by atoms with E-state index in [1.54, 1.807) is 30.1 Å². The Bertz CT molecular complexity index is 654. The number of esters is 1. The summed E-state index contributed by atoms with van der Waals surface area (Å²) in [5.74, 6) is -0.354. The van der Waals surface area contributed by atoms with Crippen molar-refractivity contribution < 1.29 is 9.53 Å². The number of nitrogens with zero attached hydrogens (tertiary/aromatic N) is 2. The van der Waals surface area contributed by atoms with Gasteiger partial charge in [0.05, 0.1) is 31.1 Å². The van der Waals surface area contributed by atoms with Gasteiger partial charge in [-0.15, -0.1) is 0 Å². The molecule has 1 aromatic heterocycles. The SMILES string of the molecule is CNC(=S)Nc1cnn(Cc2ccccc2C(=O)OC)c1. The zero-order chi connectivity index (χ0) is 15.2. The molecule has 0 unspecified atom stereocenters. The van der Waals surface area contributed by atoms with Crippen molar-refractivity contribution in [1.29, 1.82) is 0 Å². The van der Waals surface area contributed by atoms with Gasteiger partial charge in [0.15, 0.2) is 5.11 Å². The second kappa shape index (κ2) is 6.85. The van der Waals surface area contributed by atoms with Crippen LogP contribution in [0.3, 0.4) is 0 Å². The third-order valence-electron chi connectivity index (χ3n) is 2.87. The van der Waals surface area contributed by atoms with Crippen LogP contribution < -0.4 is 10.6 Å². The Hall–Kier alpha value is -2.41. The molecule has 2 rings (SSSR count). The molecule has 7 heteroatoms. The maximum absolute atomic E-state index is 11.7. The lowest BCUT2D eigenvalue weighted by molar-refractivity contribution is 0.0599. The highest BCUT2D eigenvalue weighted by Crippen LogP contribution is 2.13. The van der Waals surface area contributed by atoms with E-state index in [1.165, 1.54) is 7.11 Å². The van der Waals surface area contributed by atoms with E-state index >= 15 is 0 Å². The molecular weight excluding hydrogens is 288 g/mol. The predicted molar refractivity (Wildman–Crippen MR) is 84.4 cm³/mol. The number of nitrogens with one attached hydrogen (secondary N) is 2. The zero-order valence-electron chi connectivity index (χ0n) is 11.8. The maximum Gasteiger partial charge on any atom is 0.338 e. The number of carbonyl (C=O) groups excluding carboxylic acids is 1. The summed E-state index contributed by atoms with van der Waals surface area (Å²) in [5.41, 5.74) is 2.16. The largest absolute Gasteiger partial charge is 0.465 e. The number of methoxy groups -OCH3 is 1. The lowest BCUT2D eigenvalue weighted by Gasteiger charge is -2.07. The first-order valence-electron chi connectivity index (χ1n) is 6.31. The number of hydrogen-bond acceptors (Lipinski definition) is 4. The van der Waals surface area contributed by atoms with Crippen LogP contribution in [0.4, 0.5) is 5.69 Å². The van der Waals surface area contributed by atoms with Gasteiger partial charge in [-0.25, -0.2) is 4.79 Å². The van der Waals surface area contributed by atoms with Gasteiger partial charge in [0.2, 0.25) is 0 Å². The van der Waals surface area contributed by atoms with Crippen molar-refractivity contribution in [1.82, 2.24) is 15.1 Å². The molecule has 0 atom stereocenters. The number of rotatable bonds is 4. The summed E-state index contributed by atoms with van der Waals surface area (Å²) >= 11 is 5.03. The Morgan fingerprint density at radius 3 is 2.90 bits per heavy atom. The maximum atomic E-state index is 11.7. The molecule has 0 aliphatic heterocycles. The second-order valence-corrected chi connectivity index (χ2v) is 4.69. The van der Waals surface area contributed by atoms with Gasteiger partial charge in [-0.2, -0.15) is 5.10 Å². The van der Waals surface area contributed by atoms with Gasteiger partial charge in [-0.3, -0.25) is 4.68 Å². The molecule has 0 aliphatic carbocycles. The number of hydrogen-bond donors (Lipinski definition) is 2. The normalized spacial score (nSPS) is 10.0. The molecule has 1 heterocycles. The van der Waals surface area contributed by atoms with Crippen LogP contribution in [0.1, 0.15) is 15.9 Å². The molecule has 2 aromatic rings. The van der Waals surface area contributed by atoms with Crippen LogP contribution >= 0.6 is 12.2 Å². The first-order chi connectivity index (χ1) is 10.1. The monoisotopic (exact) mass is 304 g/mol. The molecule has 0 bridgehead atoms. The van der Waals surface area contributed by atoms with E-state index in [0.29, 0.717) is 17.2 Å². The van der Waals surface area contributed by atoms with Crippen molar-refractivity contribution in [2.24, 2.45) is 0 Å². The summed E-state index contributed by atoms with van der Waals surface area (Å²) in [6.45, 7) is 0.471. The molecule has 0 saturated heterocycles. The predicted octanol–water partition coefficient (Wildman–Crippen LogP) is 1.63. The Morgan fingerprint density at radius 1 is 1.43 bits per heavy atom. The van der Waals surface area contributed by atoms with E-state index in [-0.39, 0.29) is 5.97 Å². The van der Waals surface area contributed by atoms with Crippen LogP contribution in [-0.2, 0) is 11.3 Å². The van der Waals surface area contributed by atoms with Crippen LogP contribution in [-0.4, -0.2) is 35.0 Å². The third-order valence-corrected chi connectivity index (χ3v) is 3.18. The molecule has 6 nitrogen and oxygen atoms in total. The van der Waals surface area contributed by atoms with Gasteiger partial charge in [0.25, 0.3) is 0 Å². The van der Waals surface area contributed by atoms with Crippen LogP contribution in [0.15, 0.2) is 36.7 Å². The third kappa shape index (κ3) is 3.79. The number of ether oxygens (including phenoxy) is 1. The molecule has 0 fully saturated rings. The van der Waals surface area contributed by atoms with Crippen LogP contribution in [0, 0.1) is 0 Å². The molecule has 110 valence electrons. The quantitative estimate of drug-likeness (QED) is 0.661. The Morgan fingerprint density at radius 2 is 2.19 bits per heavy atom. The first kappa shape index (κ1) is 15.0. The topological polar surface area (TPSA) is 68.2 Å². The highest BCUT2D eigenvalue weighted by atomic mass is 32.1. The van der Waals surface area contributed by atoms with E-state index in [9.17, 15) is 4.79 Å². The van der Waals surface area contributed by atoms with E-state index in [0.717, 1.165) is 11.3 Å². The van der Waals surface area contributed by atoms with Crippen molar-refractivity contribution in [3.05, 3.63) is 47.8 Å². The summed E-state index contributed by atoms with van der Waals surface area (Å²) in [6, 6.07) is 7.29. The smallest absolute Gasteiger partial charge is 0.338 e. The molecular formula is C14H16N4O2S. The van der Waals surface area contributed by atoms with Gasteiger partial charge >= 0.3 is 5.97 Å². The molecule has 1 aromatic carbocycles. The van der Waals surface area contributed by atoms with Gasteiger partial charge in [0.1, 0.15) is 0 Å². The fraction of sp³-hybridized carbons (Fsp3) is 0.214. The summed E-state index contributed by atoms with van der Waals surface area (Å²) in [7, 11) is 3.11. The van der Waals surface area contributed by atoms with Crippen molar-refractivity contribution in [2.45, 2.75) is 6.54 Å². The van der Waals surface area contributed by atoms with Crippen LogP contribution in [0.25, 0.3) is 0 Å². The fourth-order valence-electron chi connectivity index (χ4n) is 1.85. The molecule has 0 amide bonds. The number of aromatic nitrogens is 2. The Balaban J connectivity index is 2.15. The molecule has 0 radical (unpaired) electrons. The lowest BCUT2D eigenvalue weighted by Crippen LogP contribution is -2.23. The number of thiocarbonyl (C=S) groups is 1. The van der Waals surface area contributed by atoms with Crippen LogP contribution in [0.2, 0.25) is 0 Å². The number of benzene rings is 1. The molecule has 21 heavy (non-hydrogen) atoms. The van der Waals surface area contributed by atoms with Gasteiger partial charge < -0.3 is 15.4 Å². The first-order valence-corrected chi connectivity index (χ1v) is 6.72. The molecule has 0 aliphatic rings. The average Bonchev–Trinajstić information content (AvgIpc) is 2.94. The van der Waals surface area contributed by atoms with E-state index in [2.05, 4.69) is 15.7 Å². The minimum atomic E-state index is -0.354. The Kier molecular flexibility index (Phi) is 4.89. The number of anilines is 1. The van der Waals surface area contributed by atoms with E-state index in [4.69, 9.17) is 17.0 Å². The molecule has 2 N–H and O–H groups in total. The summed E-state index contributed by atoms with van der Waals surface area (Å²) < 4.78 is 6.51. The molecule has 0 saturated carbocycles. The zero-order valence-corrected chi connectivity index (χ0v) is 12.6. The minimum absolute atomic E-state index is 0.354. The van der Waals surface area contributed by atoms with Gasteiger partial charge in [-0.05, 0) is 23.8 Å². The highest BCUT2D eigenvalue weighted by Gasteiger charge is 2.11. The highest BCUT2D eigenvalue weighted by molar-refractivity contribution is 7.80. The Labute approximate surface area is 128 Å². The second-order valence-electron chi connectivity index (χ2n) is 4.28. The van der Waals surface area contributed by atoms with Crippen molar-refractivity contribution in [3.8, 4) is 0 Å². The molecule has 0 spiro atoms. The van der Waals surface area contributed by atoms with E-state index < -0.39 is 0 Å². The van der Waals surface area contributed by atoms with Crippen molar-refractivity contribution in [2.75, 3.05) is 19.5 Å². The summed E-state index contributed by atoms with van der Waals surface area (Å²) in [6.07, 6.45) is 3.49. The minimum Gasteiger partial charge on any atom is -0.465 e. The summed E-state index contributed by atoms with van der Waals surface area (Å²) in [4.78, 5) is 11.7. The van der Waals surface area contributed by atoms with Gasteiger partial charge in [0, 0.05) is 13.2 Å². The standard InChI is InChI=1S/C14H16N4O2S/c1-15-14(21)17-11-7-16-18(9-11)8-10-5-3-4-6-12(10)13(19)20-2/h3-7,9H,8H2,1-2H3,(H2,15,17,21).